The van der Waals surface area contributed by atoms with Crippen LogP contribution in [0, 0.1) is 0 Å². The molecule has 0 saturated heterocycles. The molecule has 0 atom stereocenters. The van der Waals surface area contributed by atoms with Crippen LogP contribution in [-0.2, 0) is 0 Å². The fraction of sp³-hybridized carbons (Fsp3) is 0.0455. The minimum absolute atomic E-state index is 0.100. The highest BCUT2D eigenvalue weighted by molar-refractivity contribution is 6.10. The average Bonchev–Trinajstić information content (AvgIpc) is 3.07. The van der Waals surface area contributed by atoms with E-state index in [1.54, 1.807) is 11.9 Å². The topological polar surface area (TPSA) is 33.5 Å². The van der Waals surface area contributed by atoms with E-state index in [0.717, 1.165) is 22.1 Å². The largest absolute Gasteiger partial charge is 0.439 e. The van der Waals surface area contributed by atoms with Gasteiger partial charge >= 0.3 is 0 Å². The molecule has 122 valence electrons. The molecule has 1 amide bonds. The lowest BCUT2D eigenvalue weighted by molar-refractivity contribution is 0.0989. The van der Waals surface area contributed by atoms with E-state index in [4.69, 9.17) is 4.42 Å². The van der Waals surface area contributed by atoms with E-state index >= 15 is 0 Å². The molecule has 4 rings (SSSR count). The quantitative estimate of drug-likeness (QED) is 0.506. The maximum Gasteiger partial charge on any atom is 0.260 e. The first kappa shape index (κ1) is 15.2. The zero-order valence-electron chi connectivity index (χ0n) is 13.8. The molecule has 3 nitrogen and oxygen atoms in total. The molecule has 0 aliphatic heterocycles. The number of benzene rings is 3. The van der Waals surface area contributed by atoms with Crippen LogP contribution in [0.25, 0.3) is 22.1 Å². The third-order valence-electron chi connectivity index (χ3n) is 4.27. The summed E-state index contributed by atoms with van der Waals surface area (Å²) in [6, 6.07) is 27.1. The maximum absolute atomic E-state index is 12.9. The van der Waals surface area contributed by atoms with Crippen LogP contribution in [-0.4, -0.2) is 13.0 Å². The number of hydrogen-bond donors (Lipinski definition) is 0. The van der Waals surface area contributed by atoms with Gasteiger partial charge in [-0.2, -0.15) is 0 Å². The van der Waals surface area contributed by atoms with Gasteiger partial charge in [0.1, 0.15) is 5.58 Å². The number of carbonyl (C=O) groups excluding carboxylic acids is 1. The Morgan fingerprint density at radius 2 is 1.40 bits per heavy atom. The number of rotatable bonds is 3. The normalized spacial score (nSPS) is 10.8. The van der Waals surface area contributed by atoms with E-state index in [2.05, 4.69) is 0 Å². The van der Waals surface area contributed by atoms with Crippen LogP contribution in [0.15, 0.2) is 89.3 Å². The van der Waals surface area contributed by atoms with Gasteiger partial charge in [0.05, 0.1) is 5.56 Å². The van der Waals surface area contributed by atoms with Crippen LogP contribution < -0.4 is 4.90 Å². The number of hydrogen-bond acceptors (Lipinski definition) is 2. The van der Waals surface area contributed by atoms with Crippen molar-refractivity contribution in [2.75, 3.05) is 11.9 Å². The van der Waals surface area contributed by atoms with Gasteiger partial charge in [-0.3, -0.25) is 9.69 Å². The molecule has 0 radical (unpaired) electrons. The highest BCUT2D eigenvalue weighted by Crippen LogP contribution is 2.40. The van der Waals surface area contributed by atoms with Gasteiger partial charge in [-0.1, -0.05) is 66.7 Å². The summed E-state index contributed by atoms with van der Waals surface area (Å²) in [5, 5.41) is 0.997. The molecule has 25 heavy (non-hydrogen) atoms. The zero-order chi connectivity index (χ0) is 17.2. The second-order valence-corrected chi connectivity index (χ2v) is 5.87. The van der Waals surface area contributed by atoms with Gasteiger partial charge in [-0.15, -0.1) is 0 Å². The number of carbonyl (C=O) groups is 1. The Kier molecular flexibility index (Phi) is 3.82. The van der Waals surface area contributed by atoms with E-state index in [1.807, 2.05) is 84.9 Å². The Labute approximate surface area is 146 Å². The molecule has 3 heteroatoms. The van der Waals surface area contributed by atoms with E-state index in [-0.39, 0.29) is 5.91 Å². The van der Waals surface area contributed by atoms with E-state index in [1.165, 1.54) is 0 Å². The first-order valence-corrected chi connectivity index (χ1v) is 8.16. The van der Waals surface area contributed by atoms with Crippen LogP contribution >= 0.6 is 0 Å². The Hall–Kier alpha value is -3.33. The number of nitrogens with zero attached hydrogens (tertiary/aromatic N) is 1. The van der Waals surface area contributed by atoms with Crippen molar-refractivity contribution in [1.82, 2.24) is 0 Å². The molecule has 0 aliphatic carbocycles. The van der Waals surface area contributed by atoms with Gasteiger partial charge in [0.15, 0.2) is 0 Å². The molecule has 4 aromatic rings. The fourth-order valence-corrected chi connectivity index (χ4v) is 3.02. The molecule has 0 N–H and O–H groups in total. The van der Waals surface area contributed by atoms with Gasteiger partial charge in [0.25, 0.3) is 5.91 Å². The van der Waals surface area contributed by atoms with Crippen LogP contribution in [0.5, 0.6) is 0 Å². The summed E-state index contributed by atoms with van der Waals surface area (Å²) in [6.07, 6.45) is 0. The Morgan fingerprint density at radius 1 is 0.800 bits per heavy atom. The van der Waals surface area contributed by atoms with Crippen LogP contribution in [0.1, 0.15) is 10.4 Å². The van der Waals surface area contributed by atoms with Gasteiger partial charge in [0.2, 0.25) is 5.88 Å². The summed E-state index contributed by atoms with van der Waals surface area (Å²) < 4.78 is 6.06. The number of anilines is 1. The van der Waals surface area contributed by atoms with Gasteiger partial charge in [0, 0.05) is 18.0 Å². The third kappa shape index (κ3) is 2.70. The molecule has 1 aromatic heterocycles. The smallest absolute Gasteiger partial charge is 0.260 e. The second-order valence-electron chi connectivity index (χ2n) is 5.87. The number of furan rings is 1. The predicted molar refractivity (Wildman–Crippen MR) is 101 cm³/mol. The highest BCUT2D eigenvalue weighted by Gasteiger charge is 2.23. The summed E-state index contributed by atoms with van der Waals surface area (Å²) in [7, 11) is 1.75. The van der Waals surface area contributed by atoms with Crippen molar-refractivity contribution >= 4 is 22.8 Å². The summed E-state index contributed by atoms with van der Waals surface area (Å²) in [5.74, 6) is 0.457. The number of fused-ring (bicyclic) bond motifs is 1. The Balaban J connectivity index is 1.88. The molecule has 0 unspecified atom stereocenters. The van der Waals surface area contributed by atoms with Crippen LogP contribution in [0.4, 0.5) is 5.88 Å². The van der Waals surface area contributed by atoms with Crippen LogP contribution in [0.2, 0.25) is 0 Å². The third-order valence-corrected chi connectivity index (χ3v) is 4.27. The molecule has 0 bridgehead atoms. The second kappa shape index (κ2) is 6.29. The number of para-hydroxylation sites is 1. The molecule has 1 heterocycles. The van der Waals surface area contributed by atoms with Crippen molar-refractivity contribution in [3.8, 4) is 11.1 Å². The minimum atomic E-state index is -0.100. The summed E-state index contributed by atoms with van der Waals surface area (Å²) in [5.41, 5.74) is 3.35. The fourth-order valence-electron chi connectivity index (χ4n) is 3.02. The summed E-state index contributed by atoms with van der Waals surface area (Å²) in [6.45, 7) is 0. The summed E-state index contributed by atoms with van der Waals surface area (Å²) in [4.78, 5) is 14.5. The standard InChI is InChI=1S/C22H17NO2/c1-23(21(24)17-12-6-3-7-13-17)22-20(16-10-4-2-5-11-16)18-14-8-9-15-19(18)25-22/h2-15H,1H3. The molecule has 3 aromatic carbocycles. The SMILES string of the molecule is CN(C(=O)c1ccccc1)c1oc2ccccc2c1-c1ccccc1. The number of amides is 1. The lowest BCUT2D eigenvalue weighted by Gasteiger charge is -2.16. The monoisotopic (exact) mass is 327 g/mol. The zero-order valence-corrected chi connectivity index (χ0v) is 13.8. The average molecular weight is 327 g/mol. The summed E-state index contributed by atoms with van der Waals surface area (Å²) >= 11 is 0. The molecule has 0 saturated carbocycles. The highest BCUT2D eigenvalue weighted by atomic mass is 16.4. The molecule has 0 aliphatic rings. The Bertz CT molecular complexity index is 1020. The van der Waals surface area contributed by atoms with E-state index < -0.39 is 0 Å². The van der Waals surface area contributed by atoms with E-state index in [9.17, 15) is 4.79 Å². The van der Waals surface area contributed by atoms with Crippen molar-refractivity contribution in [1.29, 1.82) is 0 Å². The first-order chi connectivity index (χ1) is 12.3. The van der Waals surface area contributed by atoms with Gasteiger partial charge in [-0.05, 0) is 23.8 Å². The van der Waals surface area contributed by atoms with Crippen molar-refractivity contribution in [3.05, 3.63) is 90.5 Å². The Morgan fingerprint density at radius 3 is 2.12 bits per heavy atom. The van der Waals surface area contributed by atoms with Crippen molar-refractivity contribution < 1.29 is 9.21 Å². The maximum atomic E-state index is 12.9. The van der Waals surface area contributed by atoms with Gasteiger partial charge < -0.3 is 4.42 Å². The van der Waals surface area contributed by atoms with Crippen molar-refractivity contribution in [2.45, 2.75) is 0 Å². The molecular weight excluding hydrogens is 310 g/mol. The van der Waals surface area contributed by atoms with Crippen molar-refractivity contribution in [3.63, 3.8) is 0 Å². The lowest BCUT2D eigenvalue weighted by Crippen LogP contribution is -2.26. The lowest BCUT2D eigenvalue weighted by atomic mass is 10.0. The van der Waals surface area contributed by atoms with Crippen LogP contribution in [0.3, 0.4) is 0 Å². The predicted octanol–water partition coefficient (Wildman–Crippen LogP) is 5.38. The van der Waals surface area contributed by atoms with E-state index in [0.29, 0.717) is 11.4 Å². The first-order valence-electron chi connectivity index (χ1n) is 8.16. The minimum Gasteiger partial charge on any atom is -0.439 e. The molecule has 0 spiro atoms. The van der Waals surface area contributed by atoms with Gasteiger partial charge in [-0.25, -0.2) is 0 Å². The molecule has 0 fully saturated rings. The van der Waals surface area contributed by atoms with Crippen molar-refractivity contribution in [2.24, 2.45) is 0 Å². The molecular formula is C22H17NO2.